The number of rotatable bonds is 4. The second-order valence-corrected chi connectivity index (χ2v) is 6.08. The average molecular weight is 305 g/mol. The molecule has 0 saturated heterocycles. The number of nitriles is 1. The summed E-state index contributed by atoms with van der Waals surface area (Å²) in [4.78, 5) is -0.102. The molecule has 5 nitrogen and oxygen atoms in total. The molecule has 0 spiro atoms. The Labute approximate surface area is 121 Å². The molecule has 0 aliphatic carbocycles. The van der Waals surface area contributed by atoms with E-state index in [-0.39, 0.29) is 17.1 Å². The van der Waals surface area contributed by atoms with Gasteiger partial charge in [0, 0.05) is 6.54 Å². The van der Waals surface area contributed by atoms with Gasteiger partial charge in [-0.25, -0.2) is 17.5 Å². The van der Waals surface area contributed by atoms with Crippen LogP contribution in [0.1, 0.15) is 11.1 Å². The van der Waals surface area contributed by atoms with E-state index in [9.17, 15) is 12.8 Å². The van der Waals surface area contributed by atoms with Crippen molar-refractivity contribution in [3.63, 3.8) is 0 Å². The first kappa shape index (κ1) is 15.0. The predicted molar refractivity (Wildman–Crippen MR) is 76.0 cm³/mol. The molecule has 0 aliphatic rings. The number of sulfonamides is 1. The van der Waals surface area contributed by atoms with Crippen LogP contribution in [0.4, 0.5) is 10.1 Å². The average Bonchev–Trinajstić information content (AvgIpc) is 2.48. The quantitative estimate of drug-likeness (QED) is 0.841. The van der Waals surface area contributed by atoms with Crippen molar-refractivity contribution in [2.45, 2.75) is 11.4 Å². The van der Waals surface area contributed by atoms with Crippen LogP contribution < -0.4 is 10.5 Å². The molecule has 0 bridgehead atoms. The Morgan fingerprint density at radius 2 is 1.86 bits per heavy atom. The Bertz CT molecular complexity index is 796. The predicted octanol–water partition coefficient (Wildman–Crippen LogP) is 1.76. The molecule has 2 aromatic carbocycles. The van der Waals surface area contributed by atoms with Crippen molar-refractivity contribution in [1.29, 1.82) is 5.26 Å². The number of benzene rings is 2. The van der Waals surface area contributed by atoms with Crippen molar-refractivity contribution >= 4 is 15.7 Å². The summed E-state index contributed by atoms with van der Waals surface area (Å²) in [7, 11) is -3.78. The van der Waals surface area contributed by atoms with Crippen molar-refractivity contribution in [3.8, 4) is 6.07 Å². The van der Waals surface area contributed by atoms with E-state index in [2.05, 4.69) is 4.72 Å². The topological polar surface area (TPSA) is 96.0 Å². The van der Waals surface area contributed by atoms with E-state index in [0.29, 0.717) is 11.1 Å². The van der Waals surface area contributed by atoms with Gasteiger partial charge >= 0.3 is 0 Å². The van der Waals surface area contributed by atoms with Crippen LogP contribution in [0.5, 0.6) is 0 Å². The van der Waals surface area contributed by atoms with Gasteiger partial charge in [-0.05, 0) is 35.9 Å². The zero-order chi connectivity index (χ0) is 15.5. The first-order valence-electron chi connectivity index (χ1n) is 5.96. The van der Waals surface area contributed by atoms with Gasteiger partial charge in [-0.15, -0.1) is 0 Å². The van der Waals surface area contributed by atoms with Crippen molar-refractivity contribution in [2.75, 3.05) is 5.73 Å². The molecule has 0 aromatic heterocycles. The van der Waals surface area contributed by atoms with Gasteiger partial charge in [0.05, 0.1) is 22.2 Å². The number of nitrogen functional groups attached to an aromatic ring is 1. The molecule has 7 heteroatoms. The van der Waals surface area contributed by atoms with Crippen molar-refractivity contribution < 1.29 is 12.8 Å². The number of nitrogens with one attached hydrogen (secondary N) is 1. The lowest BCUT2D eigenvalue weighted by Gasteiger charge is -2.08. The molecule has 0 atom stereocenters. The van der Waals surface area contributed by atoms with Gasteiger partial charge in [0.1, 0.15) is 5.82 Å². The summed E-state index contributed by atoms with van der Waals surface area (Å²) >= 11 is 0. The highest BCUT2D eigenvalue weighted by atomic mass is 32.2. The van der Waals surface area contributed by atoms with Crippen LogP contribution in [0.3, 0.4) is 0 Å². The maximum atomic E-state index is 13.0. The molecule has 0 amide bonds. The highest BCUT2D eigenvalue weighted by Crippen LogP contribution is 2.16. The third kappa shape index (κ3) is 3.56. The molecule has 2 aromatic rings. The molecular weight excluding hydrogens is 293 g/mol. The Kier molecular flexibility index (Phi) is 4.21. The number of anilines is 1. The fraction of sp³-hybridized carbons (Fsp3) is 0.0714. The molecule has 0 aliphatic heterocycles. The van der Waals surface area contributed by atoms with Crippen LogP contribution in [0.2, 0.25) is 0 Å². The van der Waals surface area contributed by atoms with Gasteiger partial charge in [0.25, 0.3) is 0 Å². The smallest absolute Gasteiger partial charge is 0.240 e. The molecule has 0 heterocycles. The molecule has 3 N–H and O–H groups in total. The van der Waals surface area contributed by atoms with E-state index in [0.717, 1.165) is 18.2 Å². The summed E-state index contributed by atoms with van der Waals surface area (Å²) < 4.78 is 39.5. The SMILES string of the molecule is N#Cc1ccc(CNS(=O)(=O)c2ccc(F)c(N)c2)cc1. The molecule has 2 rings (SSSR count). The van der Waals surface area contributed by atoms with Crippen LogP contribution in [-0.4, -0.2) is 8.42 Å². The first-order chi connectivity index (χ1) is 9.92. The minimum atomic E-state index is -3.78. The highest BCUT2D eigenvalue weighted by Gasteiger charge is 2.15. The summed E-state index contributed by atoms with van der Waals surface area (Å²) in [6.45, 7) is 0.0608. The normalized spacial score (nSPS) is 11.0. The van der Waals surface area contributed by atoms with Crippen LogP contribution in [0.25, 0.3) is 0 Å². The zero-order valence-corrected chi connectivity index (χ0v) is 11.7. The lowest BCUT2D eigenvalue weighted by atomic mass is 10.1. The number of hydrogen-bond donors (Lipinski definition) is 2. The summed E-state index contributed by atoms with van der Waals surface area (Å²) in [6, 6.07) is 11.7. The molecular formula is C14H12FN3O2S. The molecule has 0 unspecified atom stereocenters. The number of nitrogens with zero attached hydrogens (tertiary/aromatic N) is 1. The monoisotopic (exact) mass is 305 g/mol. The molecule has 108 valence electrons. The van der Waals surface area contributed by atoms with Gasteiger partial charge in [0.15, 0.2) is 0 Å². The van der Waals surface area contributed by atoms with E-state index in [1.807, 2.05) is 6.07 Å². The molecule has 0 saturated carbocycles. The second-order valence-electron chi connectivity index (χ2n) is 4.32. The van der Waals surface area contributed by atoms with Gasteiger partial charge in [-0.1, -0.05) is 12.1 Å². The van der Waals surface area contributed by atoms with Gasteiger partial charge in [0.2, 0.25) is 10.0 Å². The molecule has 21 heavy (non-hydrogen) atoms. The third-order valence-electron chi connectivity index (χ3n) is 2.83. The first-order valence-corrected chi connectivity index (χ1v) is 7.44. The van der Waals surface area contributed by atoms with E-state index in [1.54, 1.807) is 24.3 Å². The van der Waals surface area contributed by atoms with Gasteiger partial charge in [-0.2, -0.15) is 5.26 Å². The highest BCUT2D eigenvalue weighted by molar-refractivity contribution is 7.89. The lowest BCUT2D eigenvalue weighted by molar-refractivity contribution is 0.580. The Balaban J connectivity index is 2.13. The Morgan fingerprint density at radius 3 is 2.43 bits per heavy atom. The van der Waals surface area contributed by atoms with Crippen LogP contribution in [0.15, 0.2) is 47.4 Å². The Morgan fingerprint density at radius 1 is 1.19 bits per heavy atom. The standard InChI is InChI=1S/C14H12FN3O2S/c15-13-6-5-12(7-14(13)17)21(19,20)18-9-11-3-1-10(8-16)2-4-11/h1-7,18H,9,17H2. The zero-order valence-electron chi connectivity index (χ0n) is 10.9. The van der Waals surface area contributed by atoms with E-state index < -0.39 is 15.8 Å². The minimum absolute atomic E-state index is 0.0608. The maximum absolute atomic E-state index is 13.0. The van der Waals surface area contributed by atoms with E-state index in [1.165, 1.54) is 0 Å². The second kappa shape index (κ2) is 5.91. The Hall–Kier alpha value is -2.43. The number of nitrogens with two attached hydrogens (primary N) is 1. The van der Waals surface area contributed by atoms with Crippen LogP contribution in [0, 0.1) is 17.1 Å². The van der Waals surface area contributed by atoms with Gasteiger partial charge < -0.3 is 5.73 Å². The molecule has 0 fully saturated rings. The van der Waals surface area contributed by atoms with Crippen LogP contribution in [-0.2, 0) is 16.6 Å². The fourth-order valence-electron chi connectivity index (χ4n) is 1.65. The lowest BCUT2D eigenvalue weighted by Crippen LogP contribution is -2.23. The number of hydrogen-bond acceptors (Lipinski definition) is 4. The summed E-state index contributed by atoms with van der Waals surface area (Å²) in [5.41, 5.74) is 6.33. The van der Waals surface area contributed by atoms with Crippen molar-refractivity contribution in [3.05, 3.63) is 59.4 Å². The van der Waals surface area contributed by atoms with E-state index in [4.69, 9.17) is 11.0 Å². The fourth-order valence-corrected chi connectivity index (χ4v) is 2.70. The number of halogens is 1. The maximum Gasteiger partial charge on any atom is 0.240 e. The van der Waals surface area contributed by atoms with Crippen molar-refractivity contribution in [2.24, 2.45) is 0 Å². The summed E-state index contributed by atoms with van der Waals surface area (Å²) in [6.07, 6.45) is 0. The summed E-state index contributed by atoms with van der Waals surface area (Å²) in [5.74, 6) is -0.666. The third-order valence-corrected chi connectivity index (χ3v) is 4.23. The van der Waals surface area contributed by atoms with Crippen molar-refractivity contribution in [1.82, 2.24) is 4.72 Å². The minimum Gasteiger partial charge on any atom is -0.396 e. The molecule has 0 radical (unpaired) electrons. The van der Waals surface area contributed by atoms with Gasteiger partial charge in [-0.3, -0.25) is 0 Å². The largest absolute Gasteiger partial charge is 0.396 e. The van der Waals surface area contributed by atoms with Crippen LogP contribution >= 0.6 is 0 Å². The van der Waals surface area contributed by atoms with E-state index >= 15 is 0 Å². The summed E-state index contributed by atoms with van der Waals surface area (Å²) in [5, 5.41) is 8.68.